The normalized spacial score (nSPS) is 16.9. The van der Waals surface area contributed by atoms with Crippen molar-refractivity contribution in [2.24, 2.45) is 0 Å². The third kappa shape index (κ3) is 5.79. The van der Waals surface area contributed by atoms with E-state index >= 15 is 0 Å². The van der Waals surface area contributed by atoms with E-state index in [9.17, 15) is 17.6 Å². The molecule has 2 aromatic rings. The first-order chi connectivity index (χ1) is 16.2. The van der Waals surface area contributed by atoms with Crippen molar-refractivity contribution in [1.82, 2.24) is 14.8 Å². The second-order valence-electron chi connectivity index (χ2n) is 8.98. The van der Waals surface area contributed by atoms with E-state index in [1.54, 1.807) is 13.2 Å². The van der Waals surface area contributed by atoms with Gasteiger partial charge in [-0.3, -0.25) is 8.98 Å². The van der Waals surface area contributed by atoms with E-state index in [0.29, 0.717) is 37.3 Å². The highest BCUT2D eigenvalue weighted by atomic mass is 32.2. The zero-order valence-corrected chi connectivity index (χ0v) is 21.3. The van der Waals surface area contributed by atoms with Gasteiger partial charge in [-0.05, 0) is 64.3 Å². The van der Waals surface area contributed by atoms with Crippen molar-refractivity contribution in [2.75, 3.05) is 33.9 Å². The van der Waals surface area contributed by atoms with Gasteiger partial charge in [0.05, 0.1) is 13.5 Å². The first kappa shape index (κ1) is 26.6. The highest BCUT2D eigenvalue weighted by Crippen LogP contribution is 2.33. The van der Waals surface area contributed by atoms with Crippen molar-refractivity contribution in [3.05, 3.63) is 29.7 Å². The fourth-order valence-corrected chi connectivity index (χ4v) is 5.95. The van der Waals surface area contributed by atoms with Crippen molar-refractivity contribution in [3.8, 4) is 0 Å². The average Bonchev–Trinajstić information content (AvgIpc) is 3.09. The Kier molecular flexibility index (Phi) is 9.08. The number of hydrogen-bond acceptors (Lipinski definition) is 6. The Morgan fingerprint density at radius 1 is 1.29 bits per heavy atom. The molecule has 1 aliphatic heterocycles. The van der Waals surface area contributed by atoms with Gasteiger partial charge in [-0.1, -0.05) is 0 Å². The molecule has 1 saturated heterocycles. The number of amides is 1. The molecule has 2 heterocycles. The Morgan fingerprint density at radius 3 is 2.68 bits per heavy atom. The number of carbonyl (C=O) groups excluding carboxylic acids is 1. The summed E-state index contributed by atoms with van der Waals surface area (Å²) in [6, 6.07) is 4.07. The summed E-state index contributed by atoms with van der Waals surface area (Å²) < 4.78 is 52.0. The number of aryl methyl sites for hydroxylation is 1. The van der Waals surface area contributed by atoms with Crippen LogP contribution in [0.25, 0.3) is 10.9 Å². The van der Waals surface area contributed by atoms with Gasteiger partial charge in [0.1, 0.15) is 10.7 Å². The maximum Gasteiger partial charge on any atom is 0.299 e. The average molecular weight is 498 g/mol. The second kappa shape index (κ2) is 11.6. The van der Waals surface area contributed by atoms with Crippen LogP contribution in [0.15, 0.2) is 23.1 Å². The monoisotopic (exact) mass is 497 g/mol. The van der Waals surface area contributed by atoms with Crippen LogP contribution in [0.1, 0.15) is 45.2 Å². The largest absolute Gasteiger partial charge is 0.385 e. The van der Waals surface area contributed by atoms with Gasteiger partial charge in [0, 0.05) is 55.5 Å². The van der Waals surface area contributed by atoms with Gasteiger partial charge in [-0.25, -0.2) is 4.39 Å². The maximum atomic E-state index is 14.2. The molecule has 1 aromatic carbocycles. The summed E-state index contributed by atoms with van der Waals surface area (Å²) in [5.74, 6) is -0.704. The molecule has 1 amide bonds. The third-order valence-electron chi connectivity index (χ3n) is 6.36. The molecule has 1 N–H and O–H groups in total. The van der Waals surface area contributed by atoms with E-state index in [1.165, 1.54) is 12.1 Å². The van der Waals surface area contributed by atoms with Crippen LogP contribution in [0.4, 0.5) is 4.39 Å². The zero-order valence-electron chi connectivity index (χ0n) is 20.5. The lowest BCUT2D eigenvalue weighted by molar-refractivity contribution is -0.135. The molecule has 10 heteroatoms. The molecule has 1 aromatic heterocycles. The topological polar surface area (TPSA) is 89.9 Å². The number of piperidine rings is 1. The van der Waals surface area contributed by atoms with Gasteiger partial charge >= 0.3 is 0 Å². The molecule has 0 bridgehead atoms. The highest BCUT2D eigenvalue weighted by Gasteiger charge is 2.33. The fraction of sp³-hybridized carbons (Fsp3) is 0.625. The highest BCUT2D eigenvalue weighted by molar-refractivity contribution is 7.87. The summed E-state index contributed by atoms with van der Waals surface area (Å²) in [6.45, 7) is 6.61. The first-order valence-electron chi connectivity index (χ1n) is 11.8. The fourth-order valence-electron chi connectivity index (χ4n) is 4.88. The number of methoxy groups -OCH3 is 1. The first-order valence-corrected chi connectivity index (χ1v) is 13.2. The van der Waals surface area contributed by atoms with Crippen LogP contribution in [0.2, 0.25) is 0 Å². The number of fused-ring (bicyclic) bond motifs is 1. The molecule has 0 unspecified atom stereocenters. The number of benzene rings is 1. The van der Waals surface area contributed by atoms with Crippen molar-refractivity contribution in [3.63, 3.8) is 0 Å². The molecule has 1 aliphatic rings. The predicted octanol–water partition coefficient (Wildman–Crippen LogP) is 3.07. The Bertz CT molecular complexity index is 1090. The van der Waals surface area contributed by atoms with Crippen LogP contribution >= 0.6 is 0 Å². The maximum absolute atomic E-state index is 14.2. The van der Waals surface area contributed by atoms with Crippen LogP contribution in [0.3, 0.4) is 0 Å². The van der Waals surface area contributed by atoms with E-state index < -0.39 is 15.9 Å². The SMILES string of the molecule is COCCCCn1c(CC(=O)N(C(C)C)[C@@H]2CCCNC2)c(S(=O)(=O)OC)c2cc(F)ccc21. The van der Waals surface area contributed by atoms with Gasteiger partial charge in [-0.2, -0.15) is 8.42 Å². The zero-order chi connectivity index (χ0) is 24.9. The number of rotatable bonds is 11. The van der Waals surface area contributed by atoms with Crippen molar-refractivity contribution in [2.45, 2.75) is 69.5 Å². The summed E-state index contributed by atoms with van der Waals surface area (Å²) >= 11 is 0. The quantitative estimate of drug-likeness (QED) is 0.379. The number of nitrogens with zero attached hydrogens (tertiary/aromatic N) is 2. The number of ether oxygens (including phenoxy) is 1. The van der Waals surface area contributed by atoms with Gasteiger partial charge < -0.3 is 19.5 Å². The van der Waals surface area contributed by atoms with Crippen molar-refractivity contribution >= 4 is 26.9 Å². The molecule has 1 fully saturated rings. The molecular weight excluding hydrogens is 461 g/mol. The number of aromatic nitrogens is 1. The summed E-state index contributed by atoms with van der Waals surface area (Å²) in [6.07, 6.45) is 3.23. The predicted molar refractivity (Wildman–Crippen MR) is 129 cm³/mol. The van der Waals surface area contributed by atoms with E-state index in [4.69, 9.17) is 8.92 Å². The lowest BCUT2D eigenvalue weighted by Gasteiger charge is -2.38. The van der Waals surface area contributed by atoms with Gasteiger partial charge in [0.15, 0.2) is 0 Å². The van der Waals surface area contributed by atoms with Gasteiger partial charge in [-0.15, -0.1) is 0 Å². The molecule has 0 saturated carbocycles. The van der Waals surface area contributed by atoms with E-state index in [0.717, 1.165) is 32.9 Å². The van der Waals surface area contributed by atoms with Crippen molar-refractivity contribution in [1.29, 1.82) is 0 Å². The number of unbranched alkanes of at least 4 members (excludes halogenated alkanes) is 1. The summed E-state index contributed by atoms with van der Waals surface area (Å²) in [4.78, 5) is 15.4. The minimum Gasteiger partial charge on any atom is -0.385 e. The smallest absolute Gasteiger partial charge is 0.299 e. The van der Waals surface area contributed by atoms with E-state index in [-0.39, 0.29) is 34.7 Å². The molecule has 0 radical (unpaired) electrons. The van der Waals surface area contributed by atoms with E-state index in [1.807, 2.05) is 23.3 Å². The number of carbonyl (C=O) groups is 1. The summed E-state index contributed by atoms with van der Waals surface area (Å²) in [5.41, 5.74) is 0.895. The number of nitrogens with one attached hydrogen (secondary N) is 1. The molecule has 0 aliphatic carbocycles. The van der Waals surface area contributed by atoms with Crippen LogP contribution in [0, 0.1) is 5.82 Å². The van der Waals surface area contributed by atoms with Crippen LogP contribution in [0.5, 0.6) is 0 Å². The number of hydrogen-bond donors (Lipinski definition) is 1. The van der Waals surface area contributed by atoms with Crippen LogP contribution in [-0.4, -0.2) is 69.8 Å². The Morgan fingerprint density at radius 2 is 2.06 bits per heavy atom. The van der Waals surface area contributed by atoms with Gasteiger partial charge in [0.25, 0.3) is 10.1 Å². The Hall–Kier alpha value is -2.01. The lowest BCUT2D eigenvalue weighted by Crippen LogP contribution is -2.52. The minimum absolute atomic E-state index is 0.0423. The minimum atomic E-state index is -4.20. The van der Waals surface area contributed by atoms with Gasteiger partial charge in [0.2, 0.25) is 5.91 Å². The van der Waals surface area contributed by atoms with E-state index in [2.05, 4.69) is 5.32 Å². The second-order valence-corrected chi connectivity index (χ2v) is 10.6. The molecular formula is C24H36FN3O5S. The summed E-state index contributed by atoms with van der Waals surface area (Å²) in [7, 11) is -1.49. The molecule has 1 atom stereocenters. The van der Waals surface area contributed by atoms with Crippen LogP contribution < -0.4 is 5.32 Å². The molecule has 34 heavy (non-hydrogen) atoms. The van der Waals surface area contributed by atoms with Crippen LogP contribution in [-0.2, 0) is 36.8 Å². The molecule has 190 valence electrons. The third-order valence-corrected chi connectivity index (χ3v) is 7.75. The molecule has 3 rings (SSSR count). The Balaban J connectivity index is 2.10. The molecule has 0 spiro atoms. The molecule has 8 nitrogen and oxygen atoms in total. The van der Waals surface area contributed by atoms with Crippen molar-refractivity contribution < 1.29 is 26.5 Å². The standard InChI is InChI=1S/C24H36FN3O5S/c1-17(2)28(19-8-7-11-26-16-19)23(29)15-22-24(34(30,31)33-4)20-14-18(25)9-10-21(20)27(22)12-5-6-13-32-3/h9-10,14,17,19,26H,5-8,11-13,15-16H2,1-4H3/t19-/m1/s1. The lowest BCUT2D eigenvalue weighted by atomic mass is 10.0. The number of halogens is 1. The Labute approximate surface area is 201 Å². The summed E-state index contributed by atoms with van der Waals surface area (Å²) in [5, 5.41) is 3.57.